The molecule has 0 saturated carbocycles. The summed E-state index contributed by atoms with van der Waals surface area (Å²) in [6.07, 6.45) is 3.81. The van der Waals surface area contributed by atoms with Crippen molar-refractivity contribution in [1.82, 2.24) is 5.32 Å². The molecule has 0 saturated heterocycles. The number of hydrogen-bond acceptors (Lipinski definition) is 3. The number of alkyl carbamates (subject to hydrolysis) is 1. The summed E-state index contributed by atoms with van der Waals surface area (Å²) in [5.41, 5.74) is 2.13. The van der Waals surface area contributed by atoms with Gasteiger partial charge in [-0.05, 0) is 30.4 Å². The van der Waals surface area contributed by atoms with Gasteiger partial charge in [-0.25, -0.2) is 4.79 Å². The number of carbonyl (C=O) groups is 1. The first-order valence-electron chi connectivity index (χ1n) is 8.97. The van der Waals surface area contributed by atoms with Gasteiger partial charge in [0.05, 0.1) is 6.61 Å². The first-order valence-corrected chi connectivity index (χ1v) is 8.97. The van der Waals surface area contributed by atoms with Crippen LogP contribution in [0.2, 0.25) is 0 Å². The van der Waals surface area contributed by atoms with Gasteiger partial charge in [0.1, 0.15) is 6.61 Å². The number of ether oxygens (including phenoxy) is 2. The Bertz CT molecular complexity index is 643. The molecule has 4 nitrogen and oxygen atoms in total. The first-order chi connectivity index (χ1) is 12.8. The Kier molecular flexibility index (Phi) is 9.01. The van der Waals surface area contributed by atoms with Gasteiger partial charge in [-0.2, -0.15) is 0 Å². The van der Waals surface area contributed by atoms with Gasteiger partial charge >= 0.3 is 6.09 Å². The van der Waals surface area contributed by atoms with Crippen LogP contribution in [0.15, 0.2) is 73.3 Å². The number of hydrogen-bond donors (Lipinski definition) is 1. The molecular formula is C22H27NO3. The molecule has 0 bridgehead atoms. The lowest BCUT2D eigenvalue weighted by Crippen LogP contribution is -2.35. The Morgan fingerprint density at radius 1 is 1.00 bits per heavy atom. The van der Waals surface area contributed by atoms with Crippen molar-refractivity contribution in [2.45, 2.75) is 38.5 Å². The topological polar surface area (TPSA) is 47.6 Å². The van der Waals surface area contributed by atoms with Crippen molar-refractivity contribution >= 4 is 6.09 Å². The van der Waals surface area contributed by atoms with Crippen LogP contribution >= 0.6 is 0 Å². The number of carbonyl (C=O) groups excluding carboxylic acids is 1. The SMILES string of the molecule is C=CC[C@@H](CCCOCc1ccccc1)NC(=O)OCc1ccccc1. The van der Waals surface area contributed by atoms with Crippen LogP contribution in [0.3, 0.4) is 0 Å². The zero-order valence-electron chi connectivity index (χ0n) is 15.1. The maximum Gasteiger partial charge on any atom is 0.407 e. The van der Waals surface area contributed by atoms with Crippen LogP contribution in [0.25, 0.3) is 0 Å². The lowest BCUT2D eigenvalue weighted by molar-refractivity contribution is 0.112. The molecule has 0 aliphatic rings. The Labute approximate surface area is 155 Å². The number of nitrogens with one attached hydrogen (secondary N) is 1. The van der Waals surface area contributed by atoms with Gasteiger partial charge < -0.3 is 14.8 Å². The molecule has 138 valence electrons. The molecule has 0 radical (unpaired) electrons. The van der Waals surface area contributed by atoms with Gasteiger partial charge in [-0.3, -0.25) is 0 Å². The molecule has 0 spiro atoms. The summed E-state index contributed by atoms with van der Waals surface area (Å²) in [5, 5.41) is 2.91. The number of amides is 1. The molecule has 0 aliphatic heterocycles. The summed E-state index contributed by atoms with van der Waals surface area (Å²) in [6.45, 7) is 5.30. The number of rotatable bonds is 11. The normalized spacial score (nSPS) is 11.5. The molecular weight excluding hydrogens is 326 g/mol. The zero-order valence-corrected chi connectivity index (χ0v) is 15.1. The van der Waals surface area contributed by atoms with Crippen molar-refractivity contribution in [3.63, 3.8) is 0 Å². The van der Waals surface area contributed by atoms with Crippen LogP contribution in [-0.4, -0.2) is 18.7 Å². The Balaban J connectivity index is 1.63. The highest BCUT2D eigenvalue weighted by Crippen LogP contribution is 2.07. The molecule has 1 amide bonds. The van der Waals surface area contributed by atoms with E-state index >= 15 is 0 Å². The monoisotopic (exact) mass is 353 g/mol. The van der Waals surface area contributed by atoms with Crippen molar-refractivity contribution in [3.05, 3.63) is 84.4 Å². The molecule has 2 aromatic carbocycles. The highest BCUT2D eigenvalue weighted by Gasteiger charge is 2.12. The van der Waals surface area contributed by atoms with E-state index in [2.05, 4.69) is 11.9 Å². The van der Waals surface area contributed by atoms with E-state index in [-0.39, 0.29) is 12.6 Å². The molecule has 0 heterocycles. The number of benzene rings is 2. The van der Waals surface area contributed by atoms with E-state index in [0.29, 0.717) is 19.6 Å². The van der Waals surface area contributed by atoms with Gasteiger partial charge in [0.2, 0.25) is 0 Å². The van der Waals surface area contributed by atoms with Gasteiger partial charge in [-0.15, -0.1) is 6.58 Å². The lowest BCUT2D eigenvalue weighted by Gasteiger charge is -2.17. The highest BCUT2D eigenvalue weighted by molar-refractivity contribution is 5.67. The summed E-state index contributed by atoms with van der Waals surface area (Å²) in [4.78, 5) is 12.0. The van der Waals surface area contributed by atoms with Crippen molar-refractivity contribution < 1.29 is 14.3 Å². The van der Waals surface area contributed by atoms with Gasteiger partial charge in [0, 0.05) is 12.6 Å². The molecule has 0 aliphatic carbocycles. The van der Waals surface area contributed by atoms with E-state index in [1.165, 1.54) is 0 Å². The van der Waals surface area contributed by atoms with Crippen molar-refractivity contribution in [2.24, 2.45) is 0 Å². The zero-order chi connectivity index (χ0) is 18.5. The molecule has 1 N–H and O–H groups in total. The third-order valence-corrected chi connectivity index (χ3v) is 3.94. The average molecular weight is 353 g/mol. The fourth-order valence-electron chi connectivity index (χ4n) is 2.58. The van der Waals surface area contributed by atoms with E-state index < -0.39 is 6.09 Å². The molecule has 2 aromatic rings. The van der Waals surface area contributed by atoms with Crippen LogP contribution in [0.1, 0.15) is 30.4 Å². The molecule has 2 rings (SSSR count). The van der Waals surface area contributed by atoms with E-state index in [1.807, 2.05) is 66.7 Å². The van der Waals surface area contributed by atoms with Gasteiger partial charge in [0.25, 0.3) is 0 Å². The minimum Gasteiger partial charge on any atom is -0.445 e. The molecule has 0 unspecified atom stereocenters. The third kappa shape index (κ3) is 7.99. The fourth-order valence-corrected chi connectivity index (χ4v) is 2.58. The van der Waals surface area contributed by atoms with Crippen molar-refractivity contribution in [3.8, 4) is 0 Å². The predicted octanol–water partition coefficient (Wildman–Crippen LogP) is 4.85. The summed E-state index contributed by atoms with van der Waals surface area (Å²) in [5.74, 6) is 0. The third-order valence-electron chi connectivity index (χ3n) is 3.94. The molecule has 1 atom stereocenters. The second-order valence-electron chi connectivity index (χ2n) is 6.11. The van der Waals surface area contributed by atoms with E-state index in [9.17, 15) is 4.79 Å². The van der Waals surface area contributed by atoms with E-state index in [4.69, 9.17) is 9.47 Å². The largest absolute Gasteiger partial charge is 0.445 e. The van der Waals surface area contributed by atoms with Crippen LogP contribution in [-0.2, 0) is 22.7 Å². The Morgan fingerprint density at radius 3 is 2.23 bits per heavy atom. The summed E-state index contributed by atoms with van der Waals surface area (Å²) < 4.78 is 11.0. The van der Waals surface area contributed by atoms with Crippen molar-refractivity contribution in [1.29, 1.82) is 0 Å². The Morgan fingerprint density at radius 2 is 1.62 bits per heavy atom. The maximum absolute atomic E-state index is 12.0. The van der Waals surface area contributed by atoms with E-state index in [0.717, 1.165) is 24.0 Å². The minimum atomic E-state index is -0.397. The minimum absolute atomic E-state index is 0.0103. The predicted molar refractivity (Wildman–Crippen MR) is 104 cm³/mol. The van der Waals surface area contributed by atoms with Crippen LogP contribution in [0, 0.1) is 0 Å². The van der Waals surface area contributed by atoms with Crippen LogP contribution in [0.5, 0.6) is 0 Å². The van der Waals surface area contributed by atoms with E-state index in [1.54, 1.807) is 0 Å². The lowest BCUT2D eigenvalue weighted by atomic mass is 10.1. The summed E-state index contributed by atoms with van der Waals surface area (Å²) in [7, 11) is 0. The second kappa shape index (κ2) is 11.9. The quantitative estimate of drug-likeness (QED) is 0.464. The average Bonchev–Trinajstić information content (AvgIpc) is 2.68. The maximum atomic E-state index is 12.0. The smallest absolute Gasteiger partial charge is 0.407 e. The van der Waals surface area contributed by atoms with Crippen molar-refractivity contribution in [2.75, 3.05) is 6.61 Å². The fraction of sp³-hybridized carbons (Fsp3) is 0.318. The Hall–Kier alpha value is -2.59. The highest BCUT2D eigenvalue weighted by atomic mass is 16.5. The summed E-state index contributed by atoms with van der Waals surface area (Å²) in [6, 6.07) is 19.7. The standard InChI is InChI=1S/C22H27NO3/c1-2-10-21(15-9-16-25-17-19-11-5-3-6-12-19)23-22(24)26-18-20-13-7-4-8-14-20/h2-8,11-14,21H,1,9-10,15-18H2,(H,23,24)/t21-/m0/s1. The van der Waals surface area contributed by atoms with Gasteiger partial charge in [-0.1, -0.05) is 66.7 Å². The first kappa shape index (κ1) is 19.7. The van der Waals surface area contributed by atoms with Gasteiger partial charge in [0.15, 0.2) is 0 Å². The molecule has 0 fully saturated rings. The molecule has 26 heavy (non-hydrogen) atoms. The molecule has 4 heteroatoms. The van der Waals surface area contributed by atoms with Crippen LogP contribution in [0.4, 0.5) is 4.79 Å². The van der Waals surface area contributed by atoms with Crippen LogP contribution < -0.4 is 5.32 Å². The second-order valence-corrected chi connectivity index (χ2v) is 6.11. The summed E-state index contributed by atoms with van der Waals surface area (Å²) >= 11 is 0. The molecule has 0 aromatic heterocycles.